The van der Waals surface area contributed by atoms with Gasteiger partial charge in [-0.05, 0) is 19.1 Å². The Balaban J connectivity index is 2.07. The Morgan fingerprint density at radius 2 is 2.04 bits per heavy atom. The summed E-state index contributed by atoms with van der Waals surface area (Å²) in [5, 5.41) is 8.85. The number of rotatable bonds is 7. The topological polar surface area (TPSA) is 79.9 Å². The zero-order valence-electron chi connectivity index (χ0n) is 14.0. The molecule has 0 aliphatic rings. The normalized spacial score (nSPS) is 12.3. The van der Waals surface area contributed by atoms with Gasteiger partial charge in [-0.15, -0.1) is 0 Å². The molecule has 0 spiro atoms. The fraction of sp³-hybridized carbons (Fsp3) is 0.375. The van der Waals surface area contributed by atoms with Crippen LogP contribution in [-0.4, -0.2) is 50.4 Å². The Morgan fingerprint density at radius 3 is 2.75 bits per heavy atom. The molecule has 0 bridgehead atoms. The summed E-state index contributed by atoms with van der Waals surface area (Å²) in [5.74, 6) is 2.20. The molecule has 3 rings (SSSR count). The van der Waals surface area contributed by atoms with Crippen molar-refractivity contribution in [2.24, 2.45) is 0 Å². The van der Waals surface area contributed by atoms with Crippen molar-refractivity contribution >= 4 is 0 Å². The van der Waals surface area contributed by atoms with Crippen molar-refractivity contribution in [3.8, 4) is 11.4 Å². The predicted octanol–water partition coefficient (Wildman–Crippen LogP) is 1.67. The number of para-hydroxylation sites is 2. The Bertz CT molecular complexity index is 784. The molecule has 2 heterocycles. The van der Waals surface area contributed by atoms with Crippen molar-refractivity contribution in [2.75, 3.05) is 20.8 Å². The van der Waals surface area contributed by atoms with Crippen LogP contribution < -0.4 is 4.74 Å². The number of methoxy groups -OCH3 is 2. The smallest absolute Gasteiger partial charge is 0.157 e. The lowest BCUT2D eigenvalue weighted by atomic mass is 10.2. The fourth-order valence-corrected chi connectivity index (χ4v) is 2.46. The van der Waals surface area contributed by atoms with Crippen LogP contribution in [0.3, 0.4) is 0 Å². The highest BCUT2D eigenvalue weighted by Gasteiger charge is 2.21. The number of aromatic nitrogens is 6. The Kier molecular flexibility index (Phi) is 4.85. The molecule has 8 nitrogen and oxygen atoms in total. The quantitative estimate of drug-likeness (QED) is 0.656. The molecule has 1 atom stereocenters. The van der Waals surface area contributed by atoms with Gasteiger partial charge in [0.25, 0.3) is 0 Å². The lowest BCUT2D eigenvalue weighted by Crippen LogP contribution is -2.14. The van der Waals surface area contributed by atoms with Gasteiger partial charge in [0, 0.05) is 13.5 Å². The second-order valence-corrected chi connectivity index (χ2v) is 5.26. The summed E-state index contributed by atoms with van der Waals surface area (Å²) in [5.41, 5.74) is 0.832. The minimum absolute atomic E-state index is 0.124. The van der Waals surface area contributed by atoms with Gasteiger partial charge < -0.3 is 9.47 Å². The summed E-state index contributed by atoms with van der Waals surface area (Å²) in [6.45, 7) is 2.57. The highest BCUT2D eigenvalue weighted by molar-refractivity contribution is 5.46. The monoisotopic (exact) mass is 328 g/mol. The van der Waals surface area contributed by atoms with Crippen LogP contribution in [0.1, 0.15) is 24.6 Å². The van der Waals surface area contributed by atoms with Crippen LogP contribution in [-0.2, 0) is 11.2 Å². The molecule has 0 radical (unpaired) electrons. The van der Waals surface area contributed by atoms with Crippen molar-refractivity contribution in [3.63, 3.8) is 0 Å². The molecule has 0 unspecified atom stereocenters. The first-order valence-corrected chi connectivity index (χ1v) is 7.67. The fourth-order valence-electron chi connectivity index (χ4n) is 2.46. The largest absolute Gasteiger partial charge is 0.494 e. The van der Waals surface area contributed by atoms with Gasteiger partial charge in [0.15, 0.2) is 11.6 Å². The Hall–Kier alpha value is -2.74. The average molecular weight is 328 g/mol. The standard InChI is InChI=1S/C16H20N6O2/c1-12(21-11-17-10-18-21)16-19-15(8-9-23-2)20-22(16)13-6-4-5-7-14(13)24-3/h4-7,10-12H,8-9H2,1-3H3/t12-/m1/s1. The highest BCUT2D eigenvalue weighted by Crippen LogP contribution is 2.26. The molecular formula is C16H20N6O2. The molecule has 0 N–H and O–H groups in total. The number of benzene rings is 1. The maximum atomic E-state index is 5.47. The first-order valence-electron chi connectivity index (χ1n) is 7.67. The van der Waals surface area contributed by atoms with Crippen LogP contribution in [0.4, 0.5) is 0 Å². The van der Waals surface area contributed by atoms with E-state index in [0.717, 1.165) is 17.3 Å². The van der Waals surface area contributed by atoms with E-state index in [-0.39, 0.29) is 6.04 Å². The predicted molar refractivity (Wildman–Crippen MR) is 87.3 cm³/mol. The van der Waals surface area contributed by atoms with Crippen LogP contribution in [0.5, 0.6) is 5.75 Å². The van der Waals surface area contributed by atoms with Gasteiger partial charge >= 0.3 is 0 Å². The molecule has 1 aromatic carbocycles. The maximum absolute atomic E-state index is 5.47. The highest BCUT2D eigenvalue weighted by atomic mass is 16.5. The third-order valence-corrected chi connectivity index (χ3v) is 3.73. The molecule has 3 aromatic rings. The molecule has 0 aliphatic carbocycles. The van der Waals surface area contributed by atoms with E-state index < -0.39 is 0 Å². The average Bonchev–Trinajstić information content (AvgIpc) is 3.29. The van der Waals surface area contributed by atoms with Crippen LogP contribution in [0.15, 0.2) is 36.9 Å². The zero-order valence-corrected chi connectivity index (χ0v) is 14.0. The number of hydrogen-bond donors (Lipinski definition) is 0. The van der Waals surface area contributed by atoms with E-state index in [9.17, 15) is 0 Å². The maximum Gasteiger partial charge on any atom is 0.157 e. The van der Waals surface area contributed by atoms with Crippen molar-refractivity contribution in [1.29, 1.82) is 0 Å². The third-order valence-electron chi connectivity index (χ3n) is 3.73. The lowest BCUT2D eigenvalue weighted by Gasteiger charge is -2.14. The van der Waals surface area contributed by atoms with E-state index in [0.29, 0.717) is 18.9 Å². The van der Waals surface area contributed by atoms with Gasteiger partial charge in [0.2, 0.25) is 0 Å². The molecular weight excluding hydrogens is 308 g/mol. The molecule has 0 saturated heterocycles. The minimum atomic E-state index is -0.124. The summed E-state index contributed by atoms with van der Waals surface area (Å²) < 4.78 is 14.2. The van der Waals surface area contributed by atoms with Gasteiger partial charge in [-0.1, -0.05) is 12.1 Å². The second kappa shape index (κ2) is 7.22. The number of ether oxygens (including phenoxy) is 2. The molecule has 24 heavy (non-hydrogen) atoms. The Morgan fingerprint density at radius 1 is 1.21 bits per heavy atom. The van der Waals surface area contributed by atoms with Crippen molar-refractivity contribution in [2.45, 2.75) is 19.4 Å². The third kappa shape index (κ3) is 3.13. The zero-order chi connectivity index (χ0) is 16.9. The SMILES string of the molecule is COCCc1nc([C@@H](C)n2cncn2)n(-c2ccccc2OC)n1. The second-order valence-electron chi connectivity index (χ2n) is 5.26. The van der Waals surface area contributed by atoms with Crippen LogP contribution in [0.2, 0.25) is 0 Å². The van der Waals surface area contributed by atoms with Crippen LogP contribution >= 0.6 is 0 Å². The summed E-state index contributed by atoms with van der Waals surface area (Å²) >= 11 is 0. The van der Waals surface area contributed by atoms with Gasteiger partial charge in [0.1, 0.15) is 30.1 Å². The Labute approximate surface area is 140 Å². The van der Waals surface area contributed by atoms with E-state index >= 15 is 0 Å². The van der Waals surface area contributed by atoms with Crippen molar-refractivity contribution < 1.29 is 9.47 Å². The summed E-state index contributed by atoms with van der Waals surface area (Å²) in [6, 6.07) is 7.59. The molecule has 0 saturated carbocycles. The van der Waals surface area contributed by atoms with Gasteiger partial charge in [-0.2, -0.15) is 10.2 Å². The van der Waals surface area contributed by atoms with E-state index in [1.807, 2.05) is 31.2 Å². The minimum Gasteiger partial charge on any atom is -0.494 e. The van der Waals surface area contributed by atoms with E-state index in [1.54, 1.807) is 29.9 Å². The van der Waals surface area contributed by atoms with Gasteiger partial charge in [-0.25, -0.2) is 19.3 Å². The molecule has 0 fully saturated rings. The van der Waals surface area contributed by atoms with Crippen LogP contribution in [0.25, 0.3) is 5.69 Å². The van der Waals surface area contributed by atoms with E-state index in [4.69, 9.17) is 9.47 Å². The molecule has 126 valence electrons. The lowest BCUT2D eigenvalue weighted by molar-refractivity contribution is 0.200. The van der Waals surface area contributed by atoms with E-state index in [1.165, 1.54) is 6.33 Å². The summed E-state index contributed by atoms with van der Waals surface area (Å²) in [7, 11) is 3.30. The number of hydrogen-bond acceptors (Lipinski definition) is 6. The molecule has 0 aliphatic heterocycles. The number of nitrogens with zero attached hydrogens (tertiary/aromatic N) is 6. The van der Waals surface area contributed by atoms with Crippen molar-refractivity contribution in [1.82, 2.24) is 29.5 Å². The van der Waals surface area contributed by atoms with E-state index in [2.05, 4.69) is 20.2 Å². The van der Waals surface area contributed by atoms with Crippen molar-refractivity contribution in [3.05, 3.63) is 48.6 Å². The summed E-state index contributed by atoms with van der Waals surface area (Å²) in [6.07, 6.45) is 3.81. The molecule has 2 aromatic heterocycles. The summed E-state index contributed by atoms with van der Waals surface area (Å²) in [4.78, 5) is 8.69. The molecule has 0 amide bonds. The first-order chi connectivity index (χ1) is 11.7. The van der Waals surface area contributed by atoms with Crippen LogP contribution in [0, 0.1) is 0 Å². The van der Waals surface area contributed by atoms with Gasteiger partial charge in [-0.3, -0.25) is 0 Å². The first kappa shape index (κ1) is 16.1. The molecule has 8 heteroatoms. The van der Waals surface area contributed by atoms with Gasteiger partial charge in [0.05, 0.1) is 13.7 Å².